The van der Waals surface area contributed by atoms with E-state index in [0.29, 0.717) is 11.6 Å². The van der Waals surface area contributed by atoms with E-state index in [-0.39, 0.29) is 12.1 Å². The molecule has 1 fully saturated rings. The molecule has 1 N–H and O–H groups in total. The van der Waals surface area contributed by atoms with Crippen LogP contribution in [-0.4, -0.2) is 63.3 Å². The zero-order valence-corrected chi connectivity index (χ0v) is 13.7. The zero-order valence-electron chi connectivity index (χ0n) is 13.7. The largest absolute Gasteiger partial charge is 0.323 e. The molecule has 0 saturated carbocycles. The summed E-state index contributed by atoms with van der Waals surface area (Å²) in [6.07, 6.45) is 1.71. The summed E-state index contributed by atoms with van der Waals surface area (Å²) in [6.45, 7) is 6.45. The van der Waals surface area contributed by atoms with Gasteiger partial charge < -0.3 is 9.80 Å². The van der Waals surface area contributed by atoms with Crippen LogP contribution in [0.25, 0.3) is 5.82 Å². The van der Waals surface area contributed by atoms with Crippen LogP contribution in [0.15, 0.2) is 30.5 Å². The standard InChI is InChI=1S/C16H22N6O/c1-12-10-15(22(19-12)14-6-4-5-7-17-14)18-16(23)21-9-8-20(3)11-13(21)2/h4-7,10,13H,8-9,11H2,1-3H3,(H,18,23). The van der Waals surface area contributed by atoms with Crippen molar-refractivity contribution in [3.63, 3.8) is 0 Å². The highest BCUT2D eigenvalue weighted by Crippen LogP contribution is 2.17. The van der Waals surface area contributed by atoms with Crippen LogP contribution in [0.2, 0.25) is 0 Å². The summed E-state index contributed by atoms with van der Waals surface area (Å²) in [7, 11) is 2.07. The number of urea groups is 1. The molecule has 3 heterocycles. The Kier molecular flexibility index (Phi) is 4.29. The van der Waals surface area contributed by atoms with E-state index in [9.17, 15) is 4.79 Å². The van der Waals surface area contributed by atoms with E-state index >= 15 is 0 Å². The lowest BCUT2D eigenvalue weighted by atomic mass is 10.2. The van der Waals surface area contributed by atoms with Crippen molar-refractivity contribution in [2.45, 2.75) is 19.9 Å². The second-order valence-electron chi connectivity index (χ2n) is 6.01. The number of aromatic nitrogens is 3. The monoisotopic (exact) mass is 314 g/mol. The molecule has 7 nitrogen and oxygen atoms in total. The Morgan fingerprint density at radius 3 is 2.87 bits per heavy atom. The molecule has 122 valence electrons. The van der Waals surface area contributed by atoms with Gasteiger partial charge in [0.2, 0.25) is 0 Å². The number of amides is 2. The number of aryl methyl sites for hydroxylation is 1. The fourth-order valence-corrected chi connectivity index (χ4v) is 2.86. The normalized spacial score (nSPS) is 18.9. The molecule has 1 aliphatic rings. The summed E-state index contributed by atoms with van der Waals surface area (Å²) >= 11 is 0. The molecule has 1 aliphatic heterocycles. The van der Waals surface area contributed by atoms with Gasteiger partial charge in [-0.3, -0.25) is 5.32 Å². The van der Waals surface area contributed by atoms with Crippen molar-refractivity contribution in [2.24, 2.45) is 0 Å². The molecule has 0 aromatic carbocycles. The Bertz CT molecular complexity index is 683. The predicted octanol–water partition coefficient (Wildman–Crippen LogP) is 1.74. The third kappa shape index (κ3) is 3.34. The van der Waals surface area contributed by atoms with Crippen molar-refractivity contribution in [1.29, 1.82) is 0 Å². The Labute approximate surface area is 135 Å². The van der Waals surface area contributed by atoms with Crippen molar-refractivity contribution in [3.8, 4) is 5.82 Å². The number of nitrogens with zero attached hydrogens (tertiary/aromatic N) is 5. The SMILES string of the molecule is Cc1cc(NC(=O)N2CCN(C)CC2C)n(-c2ccccn2)n1. The van der Waals surface area contributed by atoms with E-state index in [1.807, 2.05) is 36.1 Å². The van der Waals surface area contributed by atoms with Gasteiger partial charge in [-0.25, -0.2) is 9.78 Å². The number of rotatable bonds is 2. The lowest BCUT2D eigenvalue weighted by Crippen LogP contribution is -2.54. The number of likely N-dealkylation sites (N-methyl/N-ethyl adjacent to an activating group) is 1. The summed E-state index contributed by atoms with van der Waals surface area (Å²) in [4.78, 5) is 21.0. The second-order valence-corrected chi connectivity index (χ2v) is 6.01. The first-order valence-electron chi connectivity index (χ1n) is 7.79. The van der Waals surface area contributed by atoms with E-state index in [2.05, 4.69) is 34.3 Å². The molecule has 2 amide bonds. The minimum Gasteiger partial charge on any atom is -0.319 e. The summed E-state index contributed by atoms with van der Waals surface area (Å²) in [5.74, 6) is 1.32. The average Bonchev–Trinajstić information content (AvgIpc) is 2.88. The van der Waals surface area contributed by atoms with Crippen LogP contribution >= 0.6 is 0 Å². The summed E-state index contributed by atoms with van der Waals surface area (Å²) < 4.78 is 1.66. The van der Waals surface area contributed by atoms with Gasteiger partial charge >= 0.3 is 6.03 Å². The molecular formula is C16H22N6O. The molecule has 3 rings (SSSR count). The Balaban J connectivity index is 1.79. The van der Waals surface area contributed by atoms with Crippen LogP contribution in [0.1, 0.15) is 12.6 Å². The molecule has 23 heavy (non-hydrogen) atoms. The molecule has 1 atom stereocenters. The highest BCUT2D eigenvalue weighted by Gasteiger charge is 2.26. The number of carbonyl (C=O) groups is 1. The highest BCUT2D eigenvalue weighted by atomic mass is 16.2. The van der Waals surface area contributed by atoms with Crippen molar-refractivity contribution < 1.29 is 4.79 Å². The topological polar surface area (TPSA) is 66.3 Å². The first-order chi connectivity index (χ1) is 11.0. The third-order valence-electron chi connectivity index (χ3n) is 4.02. The first kappa shape index (κ1) is 15.5. The predicted molar refractivity (Wildman–Crippen MR) is 88.8 cm³/mol. The molecular weight excluding hydrogens is 292 g/mol. The van der Waals surface area contributed by atoms with Crippen LogP contribution in [0.3, 0.4) is 0 Å². The summed E-state index contributed by atoms with van der Waals surface area (Å²) in [5, 5.41) is 7.40. The molecule has 0 bridgehead atoms. The molecule has 1 unspecified atom stereocenters. The van der Waals surface area contributed by atoms with Crippen LogP contribution < -0.4 is 5.32 Å². The minimum absolute atomic E-state index is 0.0947. The maximum Gasteiger partial charge on any atom is 0.323 e. The van der Waals surface area contributed by atoms with Gasteiger partial charge in [0.05, 0.1) is 5.69 Å². The number of piperazine rings is 1. The van der Waals surface area contributed by atoms with Gasteiger partial charge in [-0.2, -0.15) is 9.78 Å². The third-order valence-corrected chi connectivity index (χ3v) is 4.02. The molecule has 1 saturated heterocycles. The minimum atomic E-state index is -0.0947. The lowest BCUT2D eigenvalue weighted by molar-refractivity contribution is 0.125. The fourth-order valence-electron chi connectivity index (χ4n) is 2.86. The van der Waals surface area contributed by atoms with E-state index in [0.717, 1.165) is 25.3 Å². The number of carbonyl (C=O) groups excluding carboxylic acids is 1. The van der Waals surface area contributed by atoms with Crippen molar-refractivity contribution >= 4 is 11.8 Å². The Morgan fingerprint density at radius 2 is 2.17 bits per heavy atom. The van der Waals surface area contributed by atoms with Gasteiger partial charge in [0.25, 0.3) is 0 Å². The second kappa shape index (κ2) is 6.37. The number of anilines is 1. The average molecular weight is 314 g/mol. The molecule has 2 aromatic rings. The van der Waals surface area contributed by atoms with Crippen LogP contribution in [0, 0.1) is 6.92 Å². The highest BCUT2D eigenvalue weighted by molar-refractivity contribution is 5.89. The van der Waals surface area contributed by atoms with Gasteiger partial charge in [0.1, 0.15) is 5.82 Å². The molecule has 7 heteroatoms. The number of hydrogen-bond donors (Lipinski definition) is 1. The van der Waals surface area contributed by atoms with Gasteiger partial charge in [-0.1, -0.05) is 6.07 Å². The van der Waals surface area contributed by atoms with Crippen LogP contribution in [-0.2, 0) is 0 Å². The van der Waals surface area contributed by atoms with Gasteiger partial charge in [0.15, 0.2) is 5.82 Å². The van der Waals surface area contributed by atoms with Crippen LogP contribution in [0.4, 0.5) is 10.6 Å². The maximum absolute atomic E-state index is 12.6. The summed E-state index contributed by atoms with van der Waals surface area (Å²) in [6, 6.07) is 7.55. The summed E-state index contributed by atoms with van der Waals surface area (Å²) in [5.41, 5.74) is 0.831. The quantitative estimate of drug-likeness (QED) is 0.917. The van der Waals surface area contributed by atoms with Gasteiger partial charge in [-0.05, 0) is 33.0 Å². The Morgan fingerprint density at radius 1 is 1.35 bits per heavy atom. The molecule has 0 aliphatic carbocycles. The fraction of sp³-hybridized carbons (Fsp3) is 0.438. The van der Waals surface area contributed by atoms with Gasteiger partial charge in [-0.15, -0.1) is 0 Å². The van der Waals surface area contributed by atoms with E-state index in [4.69, 9.17) is 0 Å². The zero-order chi connectivity index (χ0) is 16.4. The van der Waals surface area contributed by atoms with Crippen molar-refractivity contribution in [2.75, 3.05) is 32.0 Å². The lowest BCUT2D eigenvalue weighted by Gasteiger charge is -2.38. The Hall–Kier alpha value is -2.41. The number of hydrogen-bond acceptors (Lipinski definition) is 4. The maximum atomic E-state index is 12.6. The van der Waals surface area contributed by atoms with Crippen molar-refractivity contribution in [1.82, 2.24) is 24.6 Å². The van der Waals surface area contributed by atoms with Gasteiger partial charge in [0, 0.05) is 37.9 Å². The first-order valence-corrected chi connectivity index (χ1v) is 7.79. The smallest absolute Gasteiger partial charge is 0.319 e. The number of nitrogens with one attached hydrogen (secondary N) is 1. The van der Waals surface area contributed by atoms with E-state index in [1.54, 1.807) is 10.9 Å². The number of pyridine rings is 1. The van der Waals surface area contributed by atoms with E-state index < -0.39 is 0 Å². The van der Waals surface area contributed by atoms with Crippen molar-refractivity contribution in [3.05, 3.63) is 36.2 Å². The van der Waals surface area contributed by atoms with Crippen LogP contribution in [0.5, 0.6) is 0 Å². The van der Waals surface area contributed by atoms with E-state index in [1.165, 1.54) is 0 Å². The molecule has 2 aromatic heterocycles. The molecule has 0 radical (unpaired) electrons. The molecule has 0 spiro atoms.